The molecule has 8 aromatic carbocycles. The van der Waals surface area contributed by atoms with Crippen LogP contribution in [0.4, 0.5) is 5.69 Å². The van der Waals surface area contributed by atoms with Gasteiger partial charge in [0.05, 0.1) is 0 Å². The molecular formula is C86H94BNO. The van der Waals surface area contributed by atoms with Crippen LogP contribution >= 0.6 is 0 Å². The van der Waals surface area contributed by atoms with Crippen LogP contribution in [0, 0.1) is 0 Å². The summed E-state index contributed by atoms with van der Waals surface area (Å²) in [5.74, 6) is 1.84. The second-order valence-corrected chi connectivity index (χ2v) is 30.5. The van der Waals surface area contributed by atoms with Gasteiger partial charge in [-0.15, -0.1) is 0 Å². The van der Waals surface area contributed by atoms with E-state index in [0.717, 1.165) is 75.4 Å². The van der Waals surface area contributed by atoms with Crippen LogP contribution in [0.15, 0.2) is 224 Å². The van der Waals surface area contributed by atoms with Crippen LogP contribution in [0.3, 0.4) is 0 Å². The summed E-state index contributed by atoms with van der Waals surface area (Å²) in [7, 11) is 0. The van der Waals surface area contributed by atoms with Gasteiger partial charge in [0.15, 0.2) is 0 Å². The second kappa shape index (κ2) is 23.7. The number of hydrogen-bond acceptors (Lipinski definition) is 2. The second-order valence-electron chi connectivity index (χ2n) is 30.5. The molecule has 2 heterocycles. The van der Waals surface area contributed by atoms with Crippen molar-refractivity contribution in [3.8, 4) is 56.0 Å². The van der Waals surface area contributed by atoms with Gasteiger partial charge in [-0.1, -0.05) is 283 Å². The summed E-state index contributed by atoms with van der Waals surface area (Å²) in [5.41, 5.74) is 28.8. The third-order valence-electron chi connectivity index (χ3n) is 18.9. The lowest BCUT2D eigenvalue weighted by molar-refractivity contribution is 0.486. The van der Waals surface area contributed by atoms with Crippen molar-refractivity contribution in [1.82, 2.24) is 0 Å². The predicted molar refractivity (Wildman–Crippen MR) is 388 cm³/mol. The Morgan fingerprint density at radius 1 is 0.528 bits per heavy atom. The largest absolute Gasteiger partial charge is 0.458 e. The third kappa shape index (κ3) is 12.5. The van der Waals surface area contributed by atoms with E-state index in [1.54, 1.807) is 0 Å². The Morgan fingerprint density at radius 3 is 1.53 bits per heavy atom. The number of anilines is 1. The van der Waals surface area contributed by atoms with Gasteiger partial charge in [-0.05, 0) is 205 Å². The fourth-order valence-electron chi connectivity index (χ4n) is 13.5. The van der Waals surface area contributed by atoms with E-state index in [9.17, 15) is 0 Å². The van der Waals surface area contributed by atoms with Crippen LogP contribution in [0.25, 0.3) is 55.7 Å². The van der Waals surface area contributed by atoms with Gasteiger partial charge in [-0.2, -0.15) is 0 Å². The van der Waals surface area contributed by atoms with Crippen LogP contribution < -0.4 is 20.6 Å². The highest BCUT2D eigenvalue weighted by atomic mass is 16.5. The van der Waals surface area contributed by atoms with E-state index >= 15 is 0 Å². The Hall–Kier alpha value is -8.14. The fraction of sp³-hybridized carbons (Fsp3) is 0.302. The Bertz CT molecular complexity index is 4080. The first kappa shape index (κ1) is 62.5. The molecule has 0 amide bonds. The summed E-state index contributed by atoms with van der Waals surface area (Å²) in [5, 5.41) is 0. The number of allylic oxidation sites excluding steroid dienone is 9. The number of rotatable bonds is 12. The SMILES string of the molecule is C=CC1=C(CC)N(C(=C)/C=C\CC)c2cc(-c3c(C4=CC(c5ccc(C(C)(C)C)cc5)CC(c5ccc(C(C)(C)C)cc5)=C4)cccc3-c3cc(-c4ccc(C(C)(C)C)cc4)cc(-c4ccc(C(C)(C)C)cc4)c3)cc3c2B1c1cc(C(C)(C)C)ccc1O3. The number of benzene rings is 8. The van der Waals surface area contributed by atoms with E-state index < -0.39 is 0 Å². The highest BCUT2D eigenvalue weighted by Gasteiger charge is 2.43. The zero-order valence-electron chi connectivity index (χ0n) is 56.5. The molecule has 0 bridgehead atoms. The van der Waals surface area contributed by atoms with Gasteiger partial charge in [0.25, 0.3) is 6.71 Å². The van der Waals surface area contributed by atoms with Crippen molar-refractivity contribution in [3.05, 3.63) is 269 Å². The molecule has 3 aliphatic rings. The van der Waals surface area contributed by atoms with Crippen molar-refractivity contribution >= 4 is 34.5 Å². The molecule has 0 radical (unpaired) electrons. The van der Waals surface area contributed by atoms with Crippen molar-refractivity contribution in [2.24, 2.45) is 0 Å². The molecule has 2 aliphatic heterocycles. The predicted octanol–water partition coefficient (Wildman–Crippen LogP) is 22.9. The highest BCUT2D eigenvalue weighted by Crippen LogP contribution is 2.50. The van der Waals surface area contributed by atoms with Gasteiger partial charge < -0.3 is 9.64 Å². The summed E-state index contributed by atoms with van der Waals surface area (Å²) in [4.78, 5) is 2.42. The van der Waals surface area contributed by atoms with Gasteiger partial charge in [-0.25, -0.2) is 0 Å². The van der Waals surface area contributed by atoms with Gasteiger partial charge in [0.2, 0.25) is 0 Å². The maximum Gasteiger partial charge on any atom is 0.255 e. The zero-order chi connectivity index (χ0) is 63.7. The number of ether oxygens (including phenoxy) is 1. The zero-order valence-corrected chi connectivity index (χ0v) is 56.5. The molecule has 11 rings (SSSR count). The first-order chi connectivity index (χ1) is 42.0. The molecule has 0 aromatic heterocycles. The van der Waals surface area contributed by atoms with Gasteiger partial charge in [-0.3, -0.25) is 0 Å². The van der Waals surface area contributed by atoms with E-state index in [2.05, 4.69) is 323 Å². The van der Waals surface area contributed by atoms with Crippen molar-refractivity contribution in [3.63, 3.8) is 0 Å². The molecule has 8 aromatic rings. The molecular weight excluding hydrogens is 1070 g/mol. The van der Waals surface area contributed by atoms with E-state index in [1.807, 2.05) is 0 Å². The molecule has 452 valence electrons. The minimum absolute atomic E-state index is 0.0209. The van der Waals surface area contributed by atoms with E-state index in [-0.39, 0.29) is 39.7 Å². The van der Waals surface area contributed by atoms with Crippen molar-refractivity contribution in [2.75, 3.05) is 4.90 Å². The summed E-state index contributed by atoms with van der Waals surface area (Å²) in [6.45, 7) is 48.3. The molecule has 0 fully saturated rings. The number of hydrogen-bond donors (Lipinski definition) is 0. The quantitative estimate of drug-likeness (QED) is 0.0893. The Morgan fingerprint density at radius 2 is 1.02 bits per heavy atom. The molecule has 0 saturated carbocycles. The molecule has 3 heteroatoms. The molecule has 2 nitrogen and oxygen atoms in total. The molecule has 0 saturated heterocycles. The Labute approximate surface area is 535 Å². The monoisotopic (exact) mass is 1170 g/mol. The molecule has 1 atom stereocenters. The molecule has 0 N–H and O–H groups in total. The Balaban J connectivity index is 1.24. The lowest BCUT2D eigenvalue weighted by Crippen LogP contribution is -2.54. The number of fused-ring (bicyclic) bond motifs is 2. The van der Waals surface area contributed by atoms with Crippen LogP contribution in [0.5, 0.6) is 11.5 Å². The van der Waals surface area contributed by atoms with Crippen molar-refractivity contribution in [1.29, 1.82) is 0 Å². The highest BCUT2D eigenvalue weighted by molar-refractivity contribution is 6.94. The molecule has 0 spiro atoms. The lowest BCUT2D eigenvalue weighted by Gasteiger charge is -2.42. The first-order valence-electron chi connectivity index (χ1n) is 32.7. The minimum atomic E-state index is -0.100. The first-order valence-corrected chi connectivity index (χ1v) is 32.7. The average Bonchev–Trinajstić information content (AvgIpc) is 0.728. The topological polar surface area (TPSA) is 12.5 Å². The molecule has 1 aliphatic carbocycles. The minimum Gasteiger partial charge on any atom is -0.458 e. The summed E-state index contributed by atoms with van der Waals surface area (Å²) in [6, 6.07) is 63.4. The van der Waals surface area contributed by atoms with E-state index in [0.29, 0.717) is 0 Å². The average molecular weight is 1170 g/mol. The summed E-state index contributed by atoms with van der Waals surface area (Å²) >= 11 is 0. The van der Waals surface area contributed by atoms with E-state index in [1.165, 1.54) is 89.0 Å². The van der Waals surface area contributed by atoms with Crippen molar-refractivity contribution < 1.29 is 4.74 Å². The van der Waals surface area contributed by atoms with Crippen LogP contribution in [-0.4, -0.2) is 6.71 Å². The van der Waals surface area contributed by atoms with Gasteiger partial charge in [0.1, 0.15) is 11.5 Å². The van der Waals surface area contributed by atoms with Gasteiger partial charge >= 0.3 is 0 Å². The summed E-state index contributed by atoms with van der Waals surface area (Å²) in [6.07, 6.45) is 14.1. The standard InChI is InChI=1S/C86H94BNO/c1-20-23-25-55(4)88-76(22-3)74(21-2)87-75-54-71(86(17,18)19)44-45-78(75)89-79-53-66(52-77(88)81(79)87)80-72(64-48-60(56-28-36-67(37-29-56)82(5,6)7)46-61(49-64)57-30-38-68(39-31-57)83(8,9)10)26-24-27-73(80)65-50-62(58-32-40-69(41-33-58)84(11,12)13)47-63(51-65)59-34-42-70(43-35-59)85(14,15)16/h21,23-46,48-54,62H,2,4,20,22,47H2,1,3,5-19H3/b25-23-. The number of nitrogens with zero attached hydrogens (tertiary/aromatic N) is 1. The Kier molecular flexibility index (Phi) is 16.6. The maximum absolute atomic E-state index is 7.44. The third-order valence-corrected chi connectivity index (χ3v) is 18.9. The van der Waals surface area contributed by atoms with Crippen molar-refractivity contribution in [2.45, 2.75) is 170 Å². The van der Waals surface area contributed by atoms with E-state index in [4.69, 9.17) is 11.3 Å². The lowest BCUT2D eigenvalue weighted by atomic mass is 9.33. The van der Waals surface area contributed by atoms with Crippen LogP contribution in [0.2, 0.25) is 0 Å². The normalized spacial score (nSPS) is 15.4. The fourth-order valence-corrected chi connectivity index (χ4v) is 13.5. The van der Waals surface area contributed by atoms with Crippen LogP contribution in [0.1, 0.15) is 187 Å². The molecule has 89 heavy (non-hydrogen) atoms. The summed E-state index contributed by atoms with van der Waals surface area (Å²) < 4.78 is 7.44. The van der Waals surface area contributed by atoms with Crippen LogP contribution in [-0.2, 0) is 27.1 Å². The molecule has 1 unspecified atom stereocenters. The van der Waals surface area contributed by atoms with Gasteiger partial charge in [0, 0.05) is 23.0 Å². The maximum atomic E-state index is 7.44. The smallest absolute Gasteiger partial charge is 0.255 e.